The predicted molar refractivity (Wildman–Crippen MR) is 64.4 cm³/mol. The molecule has 1 atom stereocenters. The van der Waals surface area contributed by atoms with Gasteiger partial charge in [-0.15, -0.1) is 0 Å². The maximum Gasteiger partial charge on any atom is 0.345 e. The minimum atomic E-state index is -1.02. The van der Waals surface area contributed by atoms with Gasteiger partial charge in [-0.05, 0) is 12.1 Å². The van der Waals surface area contributed by atoms with Gasteiger partial charge in [0.15, 0.2) is 0 Å². The van der Waals surface area contributed by atoms with Crippen molar-refractivity contribution < 1.29 is 28.6 Å². The Morgan fingerprint density at radius 2 is 1.63 bits per heavy atom. The fourth-order valence-corrected chi connectivity index (χ4v) is 1.35. The van der Waals surface area contributed by atoms with Gasteiger partial charge in [-0.1, -0.05) is 12.1 Å². The molecule has 1 unspecified atom stereocenters. The molecule has 0 amide bonds. The number of rotatable bonds is 4. The lowest BCUT2D eigenvalue weighted by Gasteiger charge is -2.14. The van der Waals surface area contributed by atoms with Crippen LogP contribution in [0.2, 0.25) is 0 Å². The van der Waals surface area contributed by atoms with Gasteiger partial charge >= 0.3 is 17.9 Å². The summed E-state index contributed by atoms with van der Waals surface area (Å²) in [5.41, 5.74) is 0.0803. The van der Waals surface area contributed by atoms with Crippen molar-refractivity contribution in [3.8, 4) is 5.75 Å². The Bertz CT molecular complexity index is 494. The fraction of sp³-hybridized carbons (Fsp3) is 0.308. The van der Waals surface area contributed by atoms with E-state index in [-0.39, 0.29) is 11.3 Å². The third-order valence-electron chi connectivity index (χ3n) is 1.97. The summed E-state index contributed by atoms with van der Waals surface area (Å²) in [6.07, 6.45) is -1.02. The van der Waals surface area contributed by atoms with Crippen molar-refractivity contribution in [3.05, 3.63) is 29.8 Å². The summed E-state index contributed by atoms with van der Waals surface area (Å²) in [5, 5.41) is 0. The Hall–Kier alpha value is -2.37. The molecule has 6 heteroatoms. The van der Waals surface area contributed by atoms with Gasteiger partial charge in [-0.2, -0.15) is 0 Å². The topological polar surface area (TPSA) is 78.9 Å². The first-order valence-electron chi connectivity index (χ1n) is 5.55. The van der Waals surface area contributed by atoms with Crippen molar-refractivity contribution in [1.29, 1.82) is 0 Å². The van der Waals surface area contributed by atoms with E-state index >= 15 is 0 Å². The van der Waals surface area contributed by atoms with E-state index in [1.165, 1.54) is 32.9 Å². The predicted octanol–water partition coefficient (Wildman–Crippen LogP) is 1.68. The van der Waals surface area contributed by atoms with Gasteiger partial charge in [0.05, 0.1) is 0 Å². The van der Waals surface area contributed by atoms with E-state index in [1.807, 2.05) is 0 Å². The first-order chi connectivity index (χ1) is 8.90. The van der Waals surface area contributed by atoms with Crippen molar-refractivity contribution in [1.82, 2.24) is 0 Å². The molecule has 0 saturated heterocycles. The molecular formula is C13H14O6. The SMILES string of the molecule is CC(=O)Oc1ccccc1C(=O)OC(C)OC(C)=O. The highest BCUT2D eigenvalue weighted by Crippen LogP contribution is 2.19. The summed E-state index contributed by atoms with van der Waals surface area (Å²) in [7, 11) is 0. The van der Waals surface area contributed by atoms with E-state index in [0.717, 1.165) is 0 Å². The highest BCUT2D eigenvalue weighted by molar-refractivity contribution is 5.93. The monoisotopic (exact) mass is 266 g/mol. The Morgan fingerprint density at radius 1 is 1.00 bits per heavy atom. The molecule has 19 heavy (non-hydrogen) atoms. The van der Waals surface area contributed by atoms with Crippen LogP contribution in [-0.2, 0) is 19.1 Å². The minimum absolute atomic E-state index is 0.0803. The molecule has 0 radical (unpaired) electrons. The van der Waals surface area contributed by atoms with Crippen molar-refractivity contribution >= 4 is 17.9 Å². The lowest BCUT2D eigenvalue weighted by molar-refractivity contribution is -0.162. The molecule has 6 nitrogen and oxygen atoms in total. The number of benzene rings is 1. The lowest BCUT2D eigenvalue weighted by atomic mass is 10.2. The van der Waals surface area contributed by atoms with Crippen LogP contribution in [0.15, 0.2) is 24.3 Å². The van der Waals surface area contributed by atoms with Gasteiger partial charge in [-0.25, -0.2) is 4.79 Å². The largest absolute Gasteiger partial charge is 0.426 e. The third kappa shape index (κ3) is 4.79. The minimum Gasteiger partial charge on any atom is -0.426 e. The van der Waals surface area contributed by atoms with Crippen molar-refractivity contribution in [2.24, 2.45) is 0 Å². The smallest absolute Gasteiger partial charge is 0.345 e. The molecule has 0 heterocycles. The Balaban J connectivity index is 2.81. The number of esters is 3. The second-order valence-corrected chi connectivity index (χ2v) is 3.67. The summed E-state index contributed by atoms with van der Waals surface area (Å²) < 4.78 is 14.5. The number of para-hydroxylation sites is 1. The van der Waals surface area contributed by atoms with Gasteiger partial charge < -0.3 is 14.2 Å². The fourth-order valence-electron chi connectivity index (χ4n) is 1.35. The zero-order chi connectivity index (χ0) is 14.4. The van der Waals surface area contributed by atoms with Crippen molar-refractivity contribution in [2.75, 3.05) is 0 Å². The summed E-state index contributed by atoms with van der Waals surface area (Å²) in [6.45, 7) is 3.84. The number of carbonyl (C=O) groups is 3. The zero-order valence-electron chi connectivity index (χ0n) is 10.8. The summed E-state index contributed by atoms with van der Waals surface area (Å²) >= 11 is 0. The van der Waals surface area contributed by atoms with Gasteiger partial charge in [0.1, 0.15) is 11.3 Å². The Labute approximate surface area is 110 Å². The third-order valence-corrected chi connectivity index (χ3v) is 1.97. The molecule has 0 spiro atoms. The molecule has 0 bridgehead atoms. The normalized spacial score (nSPS) is 11.3. The number of hydrogen-bond donors (Lipinski definition) is 0. The molecule has 1 rings (SSSR count). The average molecular weight is 266 g/mol. The first-order valence-corrected chi connectivity index (χ1v) is 5.55. The van der Waals surface area contributed by atoms with E-state index in [9.17, 15) is 14.4 Å². The van der Waals surface area contributed by atoms with Gasteiger partial charge in [-0.3, -0.25) is 9.59 Å². The zero-order valence-corrected chi connectivity index (χ0v) is 10.8. The van der Waals surface area contributed by atoms with Crippen LogP contribution in [0.4, 0.5) is 0 Å². The van der Waals surface area contributed by atoms with E-state index in [0.29, 0.717) is 0 Å². The number of carbonyl (C=O) groups excluding carboxylic acids is 3. The van der Waals surface area contributed by atoms with Crippen LogP contribution >= 0.6 is 0 Å². The molecule has 0 aliphatic carbocycles. The molecule has 1 aromatic carbocycles. The molecule has 0 aliphatic heterocycles. The van der Waals surface area contributed by atoms with Gasteiger partial charge in [0.25, 0.3) is 0 Å². The van der Waals surface area contributed by atoms with Crippen LogP contribution in [0.5, 0.6) is 5.75 Å². The number of ether oxygens (including phenoxy) is 3. The molecule has 1 aromatic rings. The maximum absolute atomic E-state index is 11.8. The van der Waals surface area contributed by atoms with Crippen molar-refractivity contribution in [3.63, 3.8) is 0 Å². The summed E-state index contributed by atoms with van der Waals surface area (Å²) in [5.74, 6) is -1.76. The van der Waals surface area contributed by atoms with Crippen LogP contribution < -0.4 is 4.74 Å². The van der Waals surface area contributed by atoms with E-state index < -0.39 is 24.2 Å². The highest BCUT2D eigenvalue weighted by atomic mass is 16.7. The molecule has 0 saturated carbocycles. The Morgan fingerprint density at radius 3 is 2.21 bits per heavy atom. The summed E-state index contributed by atoms with van der Waals surface area (Å²) in [4.78, 5) is 33.4. The second-order valence-electron chi connectivity index (χ2n) is 3.67. The Kier molecular flexibility index (Phi) is 5.05. The van der Waals surface area contributed by atoms with E-state index in [4.69, 9.17) is 9.47 Å². The average Bonchev–Trinajstić information content (AvgIpc) is 2.27. The van der Waals surface area contributed by atoms with Crippen LogP contribution in [0, 0.1) is 0 Å². The van der Waals surface area contributed by atoms with Crippen LogP contribution in [0.1, 0.15) is 31.1 Å². The highest BCUT2D eigenvalue weighted by Gasteiger charge is 2.18. The van der Waals surface area contributed by atoms with Crippen molar-refractivity contribution in [2.45, 2.75) is 27.1 Å². The van der Waals surface area contributed by atoms with E-state index in [2.05, 4.69) is 4.74 Å². The molecule has 0 fully saturated rings. The van der Waals surface area contributed by atoms with Gasteiger partial charge in [0, 0.05) is 20.8 Å². The standard InChI is InChI=1S/C13H14O6/c1-8(14)17-10(3)19-13(16)11-6-4-5-7-12(11)18-9(2)15/h4-7,10H,1-3H3. The van der Waals surface area contributed by atoms with Crippen LogP contribution in [0.25, 0.3) is 0 Å². The van der Waals surface area contributed by atoms with Crippen LogP contribution in [0.3, 0.4) is 0 Å². The second kappa shape index (κ2) is 6.53. The maximum atomic E-state index is 11.8. The summed E-state index contributed by atoms with van der Waals surface area (Å²) in [6, 6.07) is 6.13. The number of hydrogen-bond acceptors (Lipinski definition) is 6. The molecule has 0 N–H and O–H groups in total. The molecule has 0 aromatic heterocycles. The lowest BCUT2D eigenvalue weighted by Crippen LogP contribution is -2.21. The molecular weight excluding hydrogens is 252 g/mol. The molecule has 102 valence electrons. The molecule has 0 aliphatic rings. The van der Waals surface area contributed by atoms with Gasteiger partial charge in [0.2, 0.25) is 6.29 Å². The quantitative estimate of drug-likeness (QED) is 0.468. The van der Waals surface area contributed by atoms with E-state index in [1.54, 1.807) is 12.1 Å². The van der Waals surface area contributed by atoms with Crippen LogP contribution in [-0.4, -0.2) is 24.2 Å². The first kappa shape index (κ1) is 14.7.